The first-order valence-electron chi connectivity index (χ1n) is 8.30. The lowest BCUT2D eigenvalue weighted by Gasteiger charge is -2.20. The second-order valence-electron chi connectivity index (χ2n) is 7.18. The first-order valence-corrected chi connectivity index (χ1v) is 8.30. The molecule has 6 nitrogen and oxygen atoms in total. The van der Waals surface area contributed by atoms with Gasteiger partial charge in [0.2, 0.25) is 5.89 Å². The van der Waals surface area contributed by atoms with E-state index in [1.807, 2.05) is 6.92 Å². The molecule has 0 aromatic carbocycles. The van der Waals surface area contributed by atoms with Gasteiger partial charge in [-0.3, -0.25) is 4.90 Å². The Bertz CT molecular complexity index is 483. The van der Waals surface area contributed by atoms with E-state index in [1.165, 1.54) is 12.8 Å². The average Bonchev–Trinajstić information content (AvgIpc) is 3.20. The molecule has 2 unspecified atom stereocenters. The fraction of sp³-hybridized carbons (Fsp3) is 0.875. The van der Waals surface area contributed by atoms with E-state index in [0.29, 0.717) is 29.7 Å². The van der Waals surface area contributed by atoms with Gasteiger partial charge >= 0.3 is 0 Å². The summed E-state index contributed by atoms with van der Waals surface area (Å²) in [5.74, 6) is 1.84. The zero-order valence-corrected chi connectivity index (χ0v) is 13.9. The molecular weight excluding hydrogens is 282 g/mol. The summed E-state index contributed by atoms with van der Waals surface area (Å²) in [5, 5.41) is 4.06. The van der Waals surface area contributed by atoms with E-state index in [0.717, 1.165) is 32.8 Å². The van der Waals surface area contributed by atoms with Gasteiger partial charge in [0.1, 0.15) is 6.10 Å². The largest absolute Gasteiger partial charge is 0.381 e. The van der Waals surface area contributed by atoms with Crippen LogP contribution in [0.15, 0.2) is 4.52 Å². The second kappa shape index (κ2) is 6.64. The van der Waals surface area contributed by atoms with Gasteiger partial charge in [0.15, 0.2) is 5.82 Å². The molecule has 0 N–H and O–H groups in total. The lowest BCUT2D eigenvalue weighted by Crippen LogP contribution is -2.27. The number of hydrogen-bond donors (Lipinski definition) is 0. The van der Waals surface area contributed by atoms with Crippen molar-refractivity contribution in [2.75, 3.05) is 32.9 Å². The molecule has 0 amide bonds. The molecule has 124 valence electrons. The summed E-state index contributed by atoms with van der Waals surface area (Å²) in [6.07, 6.45) is 2.27. The summed E-state index contributed by atoms with van der Waals surface area (Å²) >= 11 is 0. The molecule has 1 spiro atoms. The summed E-state index contributed by atoms with van der Waals surface area (Å²) in [6.45, 7) is 11.6. The molecule has 6 heteroatoms. The van der Waals surface area contributed by atoms with Crippen molar-refractivity contribution in [1.29, 1.82) is 0 Å². The Morgan fingerprint density at radius 2 is 2.18 bits per heavy atom. The lowest BCUT2D eigenvalue weighted by atomic mass is 9.87. The third kappa shape index (κ3) is 3.67. The van der Waals surface area contributed by atoms with Gasteiger partial charge in [-0.1, -0.05) is 19.0 Å². The predicted octanol–water partition coefficient (Wildman–Crippen LogP) is 2.42. The van der Waals surface area contributed by atoms with Crippen molar-refractivity contribution in [2.45, 2.75) is 46.3 Å². The molecule has 1 aromatic heterocycles. The van der Waals surface area contributed by atoms with Crippen molar-refractivity contribution in [1.82, 2.24) is 15.0 Å². The molecule has 22 heavy (non-hydrogen) atoms. The molecule has 2 atom stereocenters. The molecule has 3 heterocycles. The van der Waals surface area contributed by atoms with Crippen molar-refractivity contribution in [2.24, 2.45) is 11.3 Å². The zero-order valence-electron chi connectivity index (χ0n) is 13.9. The molecule has 2 saturated heterocycles. The zero-order chi connectivity index (χ0) is 15.6. The first-order chi connectivity index (χ1) is 10.6. The lowest BCUT2D eigenvalue weighted by molar-refractivity contribution is 0.0402. The highest BCUT2D eigenvalue weighted by Gasteiger charge is 2.41. The van der Waals surface area contributed by atoms with Crippen LogP contribution in [0.1, 0.15) is 51.4 Å². The minimum absolute atomic E-state index is 0.118. The van der Waals surface area contributed by atoms with E-state index >= 15 is 0 Å². The van der Waals surface area contributed by atoms with E-state index in [4.69, 9.17) is 14.0 Å². The molecule has 2 aliphatic rings. The van der Waals surface area contributed by atoms with Gasteiger partial charge in [0.05, 0.1) is 13.2 Å². The first kappa shape index (κ1) is 15.9. The van der Waals surface area contributed by atoms with Gasteiger partial charge in [-0.15, -0.1) is 0 Å². The highest BCUT2D eigenvalue weighted by Crippen LogP contribution is 2.38. The minimum atomic E-state index is -0.118. The van der Waals surface area contributed by atoms with Crippen LogP contribution in [-0.2, 0) is 16.0 Å². The Balaban J connectivity index is 1.51. The molecular formula is C16H27N3O3. The van der Waals surface area contributed by atoms with Crippen molar-refractivity contribution in [3.63, 3.8) is 0 Å². The third-order valence-corrected chi connectivity index (χ3v) is 4.59. The Labute approximate surface area is 132 Å². The Morgan fingerprint density at radius 1 is 1.32 bits per heavy atom. The van der Waals surface area contributed by atoms with Crippen LogP contribution in [0.5, 0.6) is 0 Å². The van der Waals surface area contributed by atoms with Crippen LogP contribution in [0.25, 0.3) is 0 Å². The van der Waals surface area contributed by atoms with E-state index < -0.39 is 0 Å². The van der Waals surface area contributed by atoms with E-state index in [9.17, 15) is 0 Å². The molecule has 0 bridgehead atoms. The van der Waals surface area contributed by atoms with Crippen LogP contribution in [0, 0.1) is 11.3 Å². The quantitative estimate of drug-likeness (QED) is 0.804. The number of ether oxygens (including phenoxy) is 2. The fourth-order valence-electron chi connectivity index (χ4n) is 3.23. The molecule has 0 aliphatic carbocycles. The maximum atomic E-state index is 5.73. The molecule has 0 saturated carbocycles. The summed E-state index contributed by atoms with van der Waals surface area (Å²) in [4.78, 5) is 6.89. The maximum absolute atomic E-state index is 5.73. The standard InChI is InChI=1S/C16H27N3O3/c1-12(2)9-21-13(3)15-17-14(22-18-15)8-19-6-4-16(10-19)5-7-20-11-16/h12-13H,4-11H2,1-3H3. The SMILES string of the molecule is CC(C)COC(C)c1noc(CN2CCC3(CCOC3)C2)n1. The Morgan fingerprint density at radius 3 is 2.91 bits per heavy atom. The van der Waals surface area contributed by atoms with Crippen LogP contribution >= 0.6 is 0 Å². The van der Waals surface area contributed by atoms with Gasteiger partial charge in [-0.05, 0) is 32.2 Å². The molecule has 2 aliphatic heterocycles. The maximum Gasteiger partial charge on any atom is 0.240 e. The van der Waals surface area contributed by atoms with Crippen LogP contribution in [0.4, 0.5) is 0 Å². The smallest absolute Gasteiger partial charge is 0.240 e. The van der Waals surface area contributed by atoms with E-state index in [1.54, 1.807) is 0 Å². The van der Waals surface area contributed by atoms with Crippen molar-refractivity contribution in [3.8, 4) is 0 Å². The predicted molar refractivity (Wildman–Crippen MR) is 81.3 cm³/mol. The number of rotatable bonds is 6. The average molecular weight is 309 g/mol. The van der Waals surface area contributed by atoms with Crippen LogP contribution in [0.3, 0.4) is 0 Å². The third-order valence-electron chi connectivity index (χ3n) is 4.59. The van der Waals surface area contributed by atoms with E-state index in [2.05, 4.69) is 28.9 Å². The van der Waals surface area contributed by atoms with Gasteiger partial charge < -0.3 is 14.0 Å². The van der Waals surface area contributed by atoms with Gasteiger partial charge in [-0.2, -0.15) is 4.98 Å². The van der Waals surface area contributed by atoms with Crippen LogP contribution in [-0.4, -0.2) is 48.0 Å². The monoisotopic (exact) mass is 309 g/mol. The number of hydrogen-bond acceptors (Lipinski definition) is 6. The Kier molecular flexibility index (Phi) is 4.80. The van der Waals surface area contributed by atoms with Crippen LogP contribution in [0.2, 0.25) is 0 Å². The van der Waals surface area contributed by atoms with Gasteiger partial charge in [0.25, 0.3) is 0 Å². The Hall–Kier alpha value is -0.980. The van der Waals surface area contributed by atoms with Crippen molar-refractivity contribution in [3.05, 3.63) is 11.7 Å². The number of nitrogens with zero attached hydrogens (tertiary/aromatic N) is 3. The number of aromatic nitrogens is 2. The summed E-state index contributed by atoms with van der Waals surface area (Å²) in [6, 6.07) is 0. The highest BCUT2D eigenvalue weighted by atomic mass is 16.5. The fourth-order valence-corrected chi connectivity index (χ4v) is 3.23. The van der Waals surface area contributed by atoms with Gasteiger partial charge in [0, 0.05) is 25.2 Å². The molecule has 0 radical (unpaired) electrons. The van der Waals surface area contributed by atoms with Crippen LogP contribution < -0.4 is 0 Å². The van der Waals surface area contributed by atoms with Gasteiger partial charge in [-0.25, -0.2) is 0 Å². The van der Waals surface area contributed by atoms with Crippen molar-refractivity contribution < 1.29 is 14.0 Å². The summed E-state index contributed by atoms with van der Waals surface area (Å²) in [7, 11) is 0. The molecule has 2 fully saturated rings. The molecule has 3 rings (SSSR count). The number of likely N-dealkylation sites (tertiary alicyclic amines) is 1. The summed E-state index contributed by atoms with van der Waals surface area (Å²) < 4.78 is 16.7. The second-order valence-corrected chi connectivity index (χ2v) is 7.18. The van der Waals surface area contributed by atoms with E-state index in [-0.39, 0.29) is 6.10 Å². The minimum Gasteiger partial charge on any atom is -0.381 e. The van der Waals surface area contributed by atoms with Crippen molar-refractivity contribution >= 4 is 0 Å². The highest BCUT2D eigenvalue weighted by molar-refractivity contribution is 4.95. The summed E-state index contributed by atoms with van der Waals surface area (Å²) in [5.41, 5.74) is 0.372. The topological polar surface area (TPSA) is 60.6 Å². The molecule has 1 aromatic rings. The normalized spacial score (nSPS) is 27.3.